The van der Waals surface area contributed by atoms with E-state index in [1.165, 1.54) is 6.42 Å². The first-order valence-corrected chi connectivity index (χ1v) is 6.01. The van der Waals surface area contributed by atoms with Crippen LogP contribution in [0.2, 0.25) is 0 Å². The molecule has 1 heterocycles. The summed E-state index contributed by atoms with van der Waals surface area (Å²) >= 11 is -1.67. The Labute approximate surface area is 81.8 Å². The van der Waals surface area contributed by atoms with Crippen molar-refractivity contribution in [1.82, 2.24) is 4.90 Å². The molecule has 0 radical (unpaired) electrons. The number of rotatable bonds is 3. The third kappa shape index (κ3) is 4.71. The summed E-state index contributed by atoms with van der Waals surface area (Å²) in [4.78, 5) is 2.19. The Bertz CT molecular complexity index is 178. The van der Waals surface area contributed by atoms with Crippen LogP contribution < -0.4 is 5.73 Å². The van der Waals surface area contributed by atoms with Crippen LogP contribution in [0, 0.1) is 0 Å². The number of hydrogen-bond acceptors (Lipinski definition) is 3. The largest absolute Gasteiger partial charge is 0.327 e. The van der Waals surface area contributed by atoms with Gasteiger partial charge in [-0.2, -0.15) is 0 Å². The number of likely N-dealkylation sites (tertiary alicyclic amines) is 1. The summed E-state index contributed by atoms with van der Waals surface area (Å²) in [7, 11) is 0. The average Bonchev–Trinajstić information content (AvgIpc) is 2.26. The molecule has 2 unspecified atom stereocenters. The van der Waals surface area contributed by atoms with Crippen molar-refractivity contribution < 1.29 is 8.76 Å². The van der Waals surface area contributed by atoms with E-state index in [0.29, 0.717) is 12.3 Å². The van der Waals surface area contributed by atoms with Crippen molar-refractivity contribution >= 4 is 11.1 Å². The summed E-state index contributed by atoms with van der Waals surface area (Å²) in [6, 6.07) is 0.245. The summed E-state index contributed by atoms with van der Waals surface area (Å²) in [5.74, 6) is 0.340. The summed E-state index contributed by atoms with van der Waals surface area (Å²) in [6.07, 6.45) is 3.42. The van der Waals surface area contributed by atoms with Gasteiger partial charge in [-0.05, 0) is 19.4 Å². The number of hydrogen-bond donors (Lipinski definition) is 2. The van der Waals surface area contributed by atoms with Crippen LogP contribution in [-0.4, -0.2) is 45.1 Å². The molecule has 2 atom stereocenters. The van der Waals surface area contributed by atoms with E-state index in [0.717, 1.165) is 25.9 Å². The van der Waals surface area contributed by atoms with Crippen LogP contribution in [0.5, 0.6) is 0 Å². The molecule has 78 valence electrons. The molecular formula is C8H18N2O2S. The van der Waals surface area contributed by atoms with E-state index < -0.39 is 11.1 Å². The Balaban J connectivity index is 2.26. The zero-order valence-electron chi connectivity index (χ0n) is 7.82. The van der Waals surface area contributed by atoms with Crippen LogP contribution in [0.3, 0.4) is 0 Å². The molecule has 1 aliphatic heterocycles. The van der Waals surface area contributed by atoms with Crippen molar-refractivity contribution in [2.24, 2.45) is 5.73 Å². The normalized spacial score (nSPS) is 28.3. The fraction of sp³-hybridized carbons (Fsp3) is 1.00. The molecule has 1 saturated heterocycles. The van der Waals surface area contributed by atoms with Gasteiger partial charge in [0.1, 0.15) is 0 Å². The lowest BCUT2D eigenvalue weighted by Crippen LogP contribution is -2.37. The van der Waals surface area contributed by atoms with E-state index in [4.69, 9.17) is 10.3 Å². The van der Waals surface area contributed by atoms with E-state index >= 15 is 0 Å². The molecule has 4 nitrogen and oxygen atoms in total. The van der Waals surface area contributed by atoms with Crippen molar-refractivity contribution in [3.05, 3.63) is 0 Å². The molecule has 1 rings (SSSR count). The van der Waals surface area contributed by atoms with E-state index in [1.54, 1.807) is 0 Å². The highest BCUT2D eigenvalue weighted by Gasteiger charge is 2.14. The third-order valence-corrected chi connectivity index (χ3v) is 2.91. The maximum absolute atomic E-state index is 10.5. The topological polar surface area (TPSA) is 66.6 Å². The van der Waals surface area contributed by atoms with Gasteiger partial charge in [-0.25, -0.2) is 4.21 Å². The lowest BCUT2D eigenvalue weighted by atomic mass is 10.2. The van der Waals surface area contributed by atoms with Gasteiger partial charge in [-0.15, -0.1) is 0 Å². The van der Waals surface area contributed by atoms with Crippen LogP contribution in [-0.2, 0) is 11.1 Å². The first-order chi connectivity index (χ1) is 6.18. The molecule has 5 heteroatoms. The molecule has 0 aliphatic carbocycles. The van der Waals surface area contributed by atoms with Crippen LogP contribution in [0.4, 0.5) is 0 Å². The lowest BCUT2D eigenvalue weighted by Gasteiger charge is -2.21. The zero-order chi connectivity index (χ0) is 9.68. The lowest BCUT2D eigenvalue weighted by molar-refractivity contribution is 0.288. The van der Waals surface area contributed by atoms with Crippen molar-refractivity contribution in [1.29, 1.82) is 0 Å². The minimum atomic E-state index is -1.67. The minimum absolute atomic E-state index is 0.245. The molecule has 0 aromatic carbocycles. The highest BCUT2D eigenvalue weighted by molar-refractivity contribution is 7.79. The number of nitrogens with two attached hydrogens (primary N) is 1. The highest BCUT2D eigenvalue weighted by Crippen LogP contribution is 2.08. The van der Waals surface area contributed by atoms with E-state index in [9.17, 15) is 4.21 Å². The van der Waals surface area contributed by atoms with E-state index in [1.807, 2.05) is 0 Å². The molecule has 3 N–H and O–H groups in total. The summed E-state index contributed by atoms with van der Waals surface area (Å²) in [5.41, 5.74) is 5.85. The second kappa shape index (κ2) is 5.70. The van der Waals surface area contributed by atoms with Gasteiger partial charge in [0.2, 0.25) is 0 Å². The SMILES string of the molecule is NC1CCCCN(CCS(=O)O)C1. The molecular weight excluding hydrogens is 188 g/mol. The maximum atomic E-state index is 10.5. The Morgan fingerprint density at radius 1 is 1.54 bits per heavy atom. The van der Waals surface area contributed by atoms with Gasteiger partial charge >= 0.3 is 0 Å². The molecule has 0 aromatic heterocycles. The molecule has 0 amide bonds. The van der Waals surface area contributed by atoms with Crippen molar-refractivity contribution in [2.45, 2.75) is 25.3 Å². The van der Waals surface area contributed by atoms with Gasteiger partial charge in [0.25, 0.3) is 0 Å². The van der Waals surface area contributed by atoms with Gasteiger partial charge < -0.3 is 15.2 Å². The highest BCUT2D eigenvalue weighted by atomic mass is 32.2. The van der Waals surface area contributed by atoms with Crippen molar-refractivity contribution in [3.63, 3.8) is 0 Å². The molecule has 0 saturated carbocycles. The van der Waals surface area contributed by atoms with E-state index in [-0.39, 0.29) is 6.04 Å². The predicted molar refractivity (Wildman–Crippen MR) is 53.9 cm³/mol. The Hall–Kier alpha value is 0.0300. The van der Waals surface area contributed by atoms with E-state index in [2.05, 4.69) is 4.90 Å². The van der Waals surface area contributed by atoms with Crippen LogP contribution in [0.1, 0.15) is 19.3 Å². The van der Waals surface area contributed by atoms with Crippen LogP contribution >= 0.6 is 0 Å². The van der Waals surface area contributed by atoms with Crippen LogP contribution in [0.15, 0.2) is 0 Å². The second-order valence-corrected chi connectivity index (χ2v) is 4.63. The predicted octanol–water partition coefficient (Wildman–Crippen LogP) is 0.0213. The van der Waals surface area contributed by atoms with Gasteiger partial charge in [-0.3, -0.25) is 0 Å². The first kappa shape index (κ1) is 11.1. The van der Waals surface area contributed by atoms with Crippen molar-refractivity contribution in [2.75, 3.05) is 25.4 Å². The third-order valence-electron chi connectivity index (χ3n) is 2.37. The first-order valence-electron chi connectivity index (χ1n) is 4.74. The van der Waals surface area contributed by atoms with Crippen LogP contribution in [0.25, 0.3) is 0 Å². The quantitative estimate of drug-likeness (QED) is 0.639. The Morgan fingerprint density at radius 2 is 2.31 bits per heavy atom. The maximum Gasteiger partial charge on any atom is 0.154 e. The minimum Gasteiger partial charge on any atom is -0.327 e. The Morgan fingerprint density at radius 3 is 3.00 bits per heavy atom. The van der Waals surface area contributed by atoms with Gasteiger partial charge in [0.05, 0.1) is 5.75 Å². The zero-order valence-corrected chi connectivity index (χ0v) is 8.63. The Kier molecular flexibility index (Phi) is 4.87. The summed E-state index contributed by atoms with van der Waals surface area (Å²) < 4.78 is 19.1. The average molecular weight is 206 g/mol. The monoisotopic (exact) mass is 206 g/mol. The fourth-order valence-corrected chi connectivity index (χ4v) is 2.08. The smallest absolute Gasteiger partial charge is 0.154 e. The molecule has 1 fully saturated rings. The number of nitrogens with zero attached hydrogens (tertiary/aromatic N) is 1. The summed E-state index contributed by atoms with van der Waals surface area (Å²) in [6.45, 7) is 2.58. The standard InChI is InChI=1S/C8H18N2O2S/c9-8-3-1-2-4-10(7-8)5-6-13(11)12/h8H,1-7,9H2,(H,11,12). The van der Waals surface area contributed by atoms with Gasteiger partial charge in [0.15, 0.2) is 11.1 Å². The van der Waals surface area contributed by atoms with Crippen molar-refractivity contribution in [3.8, 4) is 0 Å². The molecule has 0 aromatic rings. The molecule has 0 spiro atoms. The summed E-state index contributed by atoms with van der Waals surface area (Å²) in [5, 5.41) is 0. The van der Waals surface area contributed by atoms with Gasteiger partial charge in [-0.1, -0.05) is 6.42 Å². The van der Waals surface area contributed by atoms with Gasteiger partial charge in [0, 0.05) is 19.1 Å². The molecule has 0 bridgehead atoms. The second-order valence-electron chi connectivity index (χ2n) is 3.58. The molecule has 13 heavy (non-hydrogen) atoms. The molecule has 1 aliphatic rings. The fourth-order valence-electron chi connectivity index (χ4n) is 1.67.